The maximum atomic E-state index is 7.36. The van der Waals surface area contributed by atoms with E-state index in [1.807, 2.05) is 6.07 Å². The van der Waals surface area contributed by atoms with E-state index < -0.39 is 0 Å². The summed E-state index contributed by atoms with van der Waals surface area (Å²) < 4.78 is 4.96. The molecule has 0 atom stereocenters. The molecule has 0 aliphatic heterocycles. The van der Waals surface area contributed by atoms with Gasteiger partial charge in [-0.3, -0.25) is 10.7 Å². The first-order valence-corrected chi connectivity index (χ1v) is 3.82. The van der Waals surface area contributed by atoms with Gasteiger partial charge in [-0.1, -0.05) is 0 Å². The molecule has 2 rings (SSSR count). The quantitative estimate of drug-likeness (QED) is 0.659. The smallest absolute Gasteiger partial charge is 0.213 e. The Morgan fingerprint density at radius 1 is 1.31 bits per heavy atom. The highest BCUT2D eigenvalue weighted by Crippen LogP contribution is 2.16. The zero-order valence-electron chi connectivity index (χ0n) is 7.11. The number of hydrogen-bond donors (Lipinski definition) is 0. The molecule has 0 aromatic carbocycles. The molecule has 2 aromatic heterocycles. The van der Waals surface area contributed by atoms with Gasteiger partial charge in [-0.05, 0) is 12.1 Å². The van der Waals surface area contributed by atoms with Crippen LogP contribution in [-0.2, 0) is 0 Å². The lowest BCUT2D eigenvalue weighted by Gasteiger charge is -2.00. The number of nitrogens with zero attached hydrogens (tertiary/aromatic N) is 2. The fourth-order valence-electron chi connectivity index (χ4n) is 1.10. The Bertz CT molecular complexity index is 442. The number of pyridine rings is 2. The summed E-state index contributed by atoms with van der Waals surface area (Å²) >= 11 is 0. The number of ether oxygens (including phenoxy) is 1. The fourth-order valence-corrected chi connectivity index (χ4v) is 1.10. The van der Waals surface area contributed by atoms with Gasteiger partial charge in [-0.25, -0.2) is 4.98 Å². The number of methoxy groups -OCH3 is 1. The maximum absolute atomic E-state index is 7.36. The Labute approximate surface area is 75.4 Å². The molecule has 1 radical (unpaired) electrons. The summed E-state index contributed by atoms with van der Waals surface area (Å²) in [6.07, 6.45) is 1.50. The molecule has 0 bridgehead atoms. The fraction of sp³-hybridized carbons (Fsp3) is 0.111. The predicted molar refractivity (Wildman–Crippen MR) is 48.8 cm³/mol. The van der Waals surface area contributed by atoms with Crippen LogP contribution in [0.3, 0.4) is 0 Å². The minimum Gasteiger partial charge on any atom is -0.481 e. The summed E-state index contributed by atoms with van der Waals surface area (Å²) in [5, 5.41) is 0. The highest BCUT2D eigenvalue weighted by Gasteiger charge is 1.99. The predicted octanol–water partition coefficient (Wildman–Crippen LogP) is 1.55. The molecule has 0 unspecified atom stereocenters. The zero-order chi connectivity index (χ0) is 9.26. The molecule has 4 heteroatoms. The van der Waals surface area contributed by atoms with Crippen molar-refractivity contribution in [3.05, 3.63) is 24.4 Å². The summed E-state index contributed by atoms with van der Waals surface area (Å²) in [7, 11) is 1.56. The molecule has 1 N–H and O–H groups in total. The molecule has 2 heterocycles. The van der Waals surface area contributed by atoms with E-state index in [0.717, 1.165) is 5.52 Å². The second-order valence-electron chi connectivity index (χ2n) is 2.62. The number of rotatable bonds is 1. The molecule has 0 amide bonds. The van der Waals surface area contributed by atoms with Crippen LogP contribution in [0.1, 0.15) is 0 Å². The second-order valence-corrected chi connectivity index (χ2v) is 2.62. The van der Waals surface area contributed by atoms with Crippen molar-refractivity contribution >= 4 is 16.7 Å². The van der Waals surface area contributed by atoms with Gasteiger partial charge in [0.15, 0.2) is 0 Å². The largest absolute Gasteiger partial charge is 0.481 e. The number of aromatic nitrogens is 2. The Morgan fingerprint density at radius 3 is 2.92 bits per heavy atom. The van der Waals surface area contributed by atoms with Gasteiger partial charge in [0, 0.05) is 6.07 Å². The highest BCUT2D eigenvalue weighted by atomic mass is 16.5. The average molecular weight is 174 g/mol. The maximum Gasteiger partial charge on any atom is 0.213 e. The number of fused-ring (bicyclic) bond motifs is 1. The van der Waals surface area contributed by atoms with Gasteiger partial charge < -0.3 is 4.74 Å². The van der Waals surface area contributed by atoms with Crippen LogP contribution in [0, 0.1) is 0 Å². The Kier molecular flexibility index (Phi) is 1.73. The van der Waals surface area contributed by atoms with Crippen molar-refractivity contribution in [1.29, 1.82) is 0 Å². The van der Waals surface area contributed by atoms with Crippen molar-refractivity contribution in [1.82, 2.24) is 15.7 Å². The summed E-state index contributed by atoms with van der Waals surface area (Å²) in [5.74, 6) is 0.542. The zero-order valence-corrected chi connectivity index (χ0v) is 7.11. The van der Waals surface area contributed by atoms with Gasteiger partial charge in [-0.15, -0.1) is 0 Å². The van der Waals surface area contributed by atoms with Crippen LogP contribution in [0.15, 0.2) is 24.4 Å². The van der Waals surface area contributed by atoms with Crippen molar-refractivity contribution in [2.24, 2.45) is 0 Å². The van der Waals surface area contributed by atoms with E-state index in [1.54, 1.807) is 19.2 Å². The van der Waals surface area contributed by atoms with Crippen LogP contribution < -0.4 is 10.5 Å². The Balaban J connectivity index is 2.68. The SMILES string of the molecule is COc1ccc2ncc([NH])cc2n1. The van der Waals surface area contributed by atoms with Gasteiger partial charge in [-0.2, -0.15) is 0 Å². The summed E-state index contributed by atoms with van der Waals surface area (Å²) in [4.78, 5) is 8.20. The lowest BCUT2D eigenvalue weighted by molar-refractivity contribution is 0.399. The van der Waals surface area contributed by atoms with E-state index in [-0.39, 0.29) is 0 Å². The summed E-state index contributed by atoms with van der Waals surface area (Å²) in [6.45, 7) is 0. The second kappa shape index (κ2) is 2.90. The number of hydrogen-bond acceptors (Lipinski definition) is 3. The lowest BCUT2D eigenvalue weighted by atomic mass is 10.3. The van der Waals surface area contributed by atoms with Crippen molar-refractivity contribution in [3.8, 4) is 5.88 Å². The first-order valence-electron chi connectivity index (χ1n) is 3.82. The van der Waals surface area contributed by atoms with Crippen molar-refractivity contribution in [2.75, 3.05) is 7.11 Å². The first kappa shape index (κ1) is 7.79. The Hall–Kier alpha value is -1.84. The molecule has 13 heavy (non-hydrogen) atoms. The van der Waals surface area contributed by atoms with Crippen molar-refractivity contribution in [2.45, 2.75) is 0 Å². The van der Waals surface area contributed by atoms with Gasteiger partial charge >= 0.3 is 0 Å². The lowest BCUT2D eigenvalue weighted by Crippen LogP contribution is -1.89. The molecule has 0 aliphatic carbocycles. The third-order valence-electron chi connectivity index (χ3n) is 1.72. The van der Waals surface area contributed by atoms with Gasteiger partial charge in [0.2, 0.25) is 5.88 Å². The van der Waals surface area contributed by atoms with E-state index in [9.17, 15) is 0 Å². The topological polar surface area (TPSA) is 58.8 Å². The first-order chi connectivity index (χ1) is 6.29. The molecule has 0 saturated heterocycles. The minimum atomic E-state index is 0.355. The molecular formula is C9H8N3O. The molecule has 65 valence electrons. The van der Waals surface area contributed by atoms with E-state index in [0.29, 0.717) is 17.1 Å². The normalized spacial score (nSPS) is 10.2. The standard InChI is InChI=1S/C9H8N3O/c1-13-9-3-2-7-8(12-9)4-6(10)5-11-7/h2-5,10H,1H3. The third kappa shape index (κ3) is 1.38. The average Bonchev–Trinajstić information content (AvgIpc) is 2.16. The monoisotopic (exact) mass is 174 g/mol. The third-order valence-corrected chi connectivity index (χ3v) is 1.72. The van der Waals surface area contributed by atoms with Crippen molar-refractivity contribution in [3.63, 3.8) is 0 Å². The summed E-state index contributed by atoms with van der Waals surface area (Å²) in [6, 6.07) is 5.23. The molecule has 0 aliphatic rings. The molecule has 2 aromatic rings. The van der Waals surface area contributed by atoms with Crippen LogP contribution in [0.4, 0.5) is 5.69 Å². The molecule has 4 nitrogen and oxygen atoms in total. The van der Waals surface area contributed by atoms with E-state index in [1.165, 1.54) is 6.20 Å². The molecule has 0 saturated carbocycles. The Morgan fingerprint density at radius 2 is 2.15 bits per heavy atom. The molecular weight excluding hydrogens is 166 g/mol. The van der Waals surface area contributed by atoms with E-state index in [2.05, 4.69) is 9.97 Å². The highest BCUT2D eigenvalue weighted by molar-refractivity contribution is 5.77. The van der Waals surface area contributed by atoms with E-state index in [4.69, 9.17) is 10.5 Å². The van der Waals surface area contributed by atoms with Crippen LogP contribution in [-0.4, -0.2) is 17.1 Å². The van der Waals surface area contributed by atoms with Crippen LogP contribution >= 0.6 is 0 Å². The molecule has 0 spiro atoms. The number of nitrogens with one attached hydrogen (secondary N) is 1. The summed E-state index contributed by atoms with van der Waals surface area (Å²) in [5.41, 5.74) is 9.18. The van der Waals surface area contributed by atoms with Crippen LogP contribution in [0.5, 0.6) is 5.88 Å². The van der Waals surface area contributed by atoms with Gasteiger partial charge in [0.05, 0.1) is 30.0 Å². The van der Waals surface area contributed by atoms with Gasteiger partial charge in [0.1, 0.15) is 0 Å². The van der Waals surface area contributed by atoms with Gasteiger partial charge in [0.25, 0.3) is 0 Å². The van der Waals surface area contributed by atoms with Crippen LogP contribution in [0.2, 0.25) is 0 Å². The minimum absolute atomic E-state index is 0.355. The van der Waals surface area contributed by atoms with Crippen molar-refractivity contribution < 1.29 is 4.74 Å². The molecule has 0 fully saturated rings. The van der Waals surface area contributed by atoms with Crippen LogP contribution in [0.25, 0.3) is 11.0 Å². The van der Waals surface area contributed by atoms with E-state index >= 15 is 0 Å².